The predicted octanol–water partition coefficient (Wildman–Crippen LogP) is 2.68. The molecule has 1 N–H and O–H groups in total. The predicted molar refractivity (Wildman–Crippen MR) is 90.5 cm³/mol. The van der Waals surface area contributed by atoms with Gasteiger partial charge in [-0.2, -0.15) is 4.98 Å². The number of nitrogens with zero attached hydrogens (tertiary/aromatic N) is 2. The number of benzene rings is 2. The molecule has 128 valence electrons. The lowest BCUT2D eigenvalue weighted by Gasteiger charge is -2.04. The Morgan fingerprint density at radius 3 is 2.76 bits per heavy atom. The topological polar surface area (TPSA) is 86.5 Å². The molecule has 7 nitrogen and oxygen atoms in total. The van der Waals surface area contributed by atoms with Gasteiger partial charge in [-0.1, -0.05) is 23.4 Å². The van der Waals surface area contributed by atoms with Crippen LogP contribution in [0.2, 0.25) is 0 Å². The number of nitrogens with one attached hydrogen (secondary N) is 1. The van der Waals surface area contributed by atoms with Crippen LogP contribution in [0, 0.1) is 0 Å². The average molecular weight is 339 g/mol. The molecule has 0 atom stereocenters. The van der Waals surface area contributed by atoms with Crippen LogP contribution < -0.4 is 14.8 Å². The Balaban J connectivity index is 1.68. The molecule has 0 fully saturated rings. The first kappa shape index (κ1) is 16.5. The normalized spacial score (nSPS) is 10.3. The molecule has 0 bridgehead atoms. The number of methoxy groups -OCH3 is 2. The van der Waals surface area contributed by atoms with E-state index in [1.807, 2.05) is 24.3 Å². The highest BCUT2D eigenvalue weighted by Gasteiger charge is 2.14. The van der Waals surface area contributed by atoms with Gasteiger partial charge in [0.2, 0.25) is 11.7 Å². The lowest BCUT2D eigenvalue weighted by Crippen LogP contribution is -2.22. The Bertz CT molecular complexity index is 876. The molecule has 3 aromatic rings. The molecule has 25 heavy (non-hydrogen) atoms. The largest absolute Gasteiger partial charge is 0.497 e. The monoisotopic (exact) mass is 339 g/mol. The number of carbonyl (C=O) groups excluding carboxylic acids is 1. The summed E-state index contributed by atoms with van der Waals surface area (Å²) in [5, 5.41) is 6.67. The Morgan fingerprint density at radius 2 is 1.96 bits per heavy atom. The van der Waals surface area contributed by atoms with Crippen LogP contribution in [0.4, 0.5) is 0 Å². The van der Waals surface area contributed by atoms with Gasteiger partial charge in [-0.25, -0.2) is 0 Å². The first-order chi connectivity index (χ1) is 12.2. The molecule has 0 radical (unpaired) electrons. The highest BCUT2D eigenvalue weighted by molar-refractivity contribution is 5.94. The molecule has 1 amide bonds. The number of carbonyl (C=O) groups is 1. The second-order valence-corrected chi connectivity index (χ2v) is 5.13. The third kappa shape index (κ3) is 3.77. The zero-order chi connectivity index (χ0) is 17.6. The van der Waals surface area contributed by atoms with Crippen LogP contribution in [0.25, 0.3) is 11.4 Å². The number of aromatic nitrogens is 2. The Morgan fingerprint density at radius 1 is 1.12 bits per heavy atom. The van der Waals surface area contributed by atoms with Gasteiger partial charge in [0, 0.05) is 5.56 Å². The molecular formula is C18H17N3O4. The van der Waals surface area contributed by atoms with E-state index >= 15 is 0 Å². The van der Waals surface area contributed by atoms with Crippen molar-refractivity contribution in [3.63, 3.8) is 0 Å². The molecule has 0 aliphatic heterocycles. The van der Waals surface area contributed by atoms with Crippen molar-refractivity contribution in [3.8, 4) is 22.9 Å². The minimum absolute atomic E-state index is 0.123. The zero-order valence-corrected chi connectivity index (χ0v) is 13.9. The number of rotatable bonds is 6. The minimum atomic E-state index is -0.254. The molecule has 0 unspecified atom stereocenters. The number of ether oxygens (including phenoxy) is 2. The van der Waals surface area contributed by atoms with Crippen LogP contribution in [0.3, 0.4) is 0 Å². The number of amides is 1. The van der Waals surface area contributed by atoms with E-state index in [2.05, 4.69) is 15.5 Å². The molecule has 3 rings (SSSR count). The highest BCUT2D eigenvalue weighted by Crippen LogP contribution is 2.26. The van der Waals surface area contributed by atoms with E-state index < -0.39 is 0 Å². The Labute approximate surface area is 144 Å². The van der Waals surface area contributed by atoms with Gasteiger partial charge in [0.05, 0.1) is 26.3 Å². The fraction of sp³-hybridized carbons (Fsp3) is 0.167. The first-order valence-corrected chi connectivity index (χ1v) is 7.59. The van der Waals surface area contributed by atoms with Gasteiger partial charge >= 0.3 is 0 Å². The van der Waals surface area contributed by atoms with Crippen molar-refractivity contribution in [2.45, 2.75) is 6.54 Å². The van der Waals surface area contributed by atoms with E-state index in [1.54, 1.807) is 38.5 Å². The van der Waals surface area contributed by atoms with Gasteiger partial charge in [0.15, 0.2) is 0 Å². The maximum absolute atomic E-state index is 12.2. The van der Waals surface area contributed by atoms with Crippen LogP contribution in [0.1, 0.15) is 16.2 Å². The van der Waals surface area contributed by atoms with E-state index in [9.17, 15) is 4.79 Å². The molecule has 0 saturated heterocycles. The Kier molecular flexibility index (Phi) is 4.94. The molecule has 7 heteroatoms. The van der Waals surface area contributed by atoms with Crippen LogP contribution >= 0.6 is 0 Å². The van der Waals surface area contributed by atoms with Crippen molar-refractivity contribution >= 4 is 5.91 Å². The van der Waals surface area contributed by atoms with E-state index in [0.29, 0.717) is 28.8 Å². The van der Waals surface area contributed by atoms with Crippen LogP contribution in [-0.4, -0.2) is 30.3 Å². The lowest BCUT2D eigenvalue weighted by molar-refractivity contribution is 0.0946. The fourth-order valence-corrected chi connectivity index (χ4v) is 2.29. The number of hydrogen-bond acceptors (Lipinski definition) is 6. The second kappa shape index (κ2) is 7.48. The lowest BCUT2D eigenvalue weighted by atomic mass is 10.2. The molecule has 0 aliphatic carbocycles. The van der Waals surface area contributed by atoms with Gasteiger partial charge in [0.25, 0.3) is 5.91 Å². The van der Waals surface area contributed by atoms with Crippen molar-refractivity contribution in [1.82, 2.24) is 15.5 Å². The first-order valence-electron chi connectivity index (χ1n) is 7.59. The average Bonchev–Trinajstić information content (AvgIpc) is 3.15. The van der Waals surface area contributed by atoms with Crippen molar-refractivity contribution in [3.05, 3.63) is 60.0 Å². The quantitative estimate of drug-likeness (QED) is 0.743. The van der Waals surface area contributed by atoms with Gasteiger partial charge in [-0.3, -0.25) is 4.79 Å². The molecule has 1 heterocycles. The summed E-state index contributed by atoms with van der Waals surface area (Å²) >= 11 is 0. The smallest absolute Gasteiger partial charge is 0.251 e. The van der Waals surface area contributed by atoms with Crippen LogP contribution in [0.15, 0.2) is 53.1 Å². The fourth-order valence-electron chi connectivity index (χ4n) is 2.29. The molecule has 1 aromatic heterocycles. The maximum Gasteiger partial charge on any atom is 0.251 e. The number of hydrogen-bond donors (Lipinski definition) is 1. The molecule has 2 aromatic carbocycles. The minimum Gasteiger partial charge on any atom is -0.497 e. The van der Waals surface area contributed by atoms with Gasteiger partial charge in [-0.15, -0.1) is 0 Å². The standard InChI is InChI=1S/C18H17N3O4/c1-23-13-7-5-6-12(10-13)18(22)19-11-16-20-17(21-25-16)14-8-3-4-9-15(14)24-2/h3-10H,11H2,1-2H3,(H,19,22). The maximum atomic E-state index is 12.2. The van der Waals surface area contributed by atoms with E-state index in [1.165, 1.54) is 0 Å². The third-order valence-electron chi connectivity index (χ3n) is 3.55. The van der Waals surface area contributed by atoms with Crippen molar-refractivity contribution < 1.29 is 18.8 Å². The number of para-hydroxylation sites is 1. The van der Waals surface area contributed by atoms with E-state index in [0.717, 1.165) is 5.56 Å². The van der Waals surface area contributed by atoms with E-state index in [-0.39, 0.29) is 12.5 Å². The zero-order valence-electron chi connectivity index (χ0n) is 13.9. The van der Waals surface area contributed by atoms with Crippen molar-refractivity contribution in [2.24, 2.45) is 0 Å². The highest BCUT2D eigenvalue weighted by atomic mass is 16.5. The molecule has 0 spiro atoms. The molecular weight excluding hydrogens is 322 g/mol. The summed E-state index contributed by atoms with van der Waals surface area (Å²) in [7, 11) is 3.13. The van der Waals surface area contributed by atoms with Crippen LogP contribution in [-0.2, 0) is 6.54 Å². The summed E-state index contributed by atoms with van der Waals surface area (Å²) < 4.78 is 15.6. The summed E-state index contributed by atoms with van der Waals surface area (Å²) in [4.78, 5) is 16.5. The van der Waals surface area contributed by atoms with E-state index in [4.69, 9.17) is 14.0 Å². The summed E-state index contributed by atoms with van der Waals surface area (Å²) in [5.74, 6) is 1.72. The third-order valence-corrected chi connectivity index (χ3v) is 3.55. The van der Waals surface area contributed by atoms with Gasteiger partial charge in [0.1, 0.15) is 11.5 Å². The van der Waals surface area contributed by atoms with Crippen molar-refractivity contribution in [1.29, 1.82) is 0 Å². The summed E-state index contributed by atoms with van der Waals surface area (Å²) in [6.07, 6.45) is 0. The second-order valence-electron chi connectivity index (χ2n) is 5.13. The Hall–Kier alpha value is -3.35. The van der Waals surface area contributed by atoms with Gasteiger partial charge < -0.3 is 19.3 Å². The molecule has 0 aliphatic rings. The SMILES string of the molecule is COc1cccc(C(=O)NCc2nc(-c3ccccc3OC)no2)c1. The summed E-state index contributed by atoms with van der Waals surface area (Å²) in [6.45, 7) is 0.123. The summed E-state index contributed by atoms with van der Waals surface area (Å²) in [5.41, 5.74) is 1.21. The summed E-state index contributed by atoms with van der Waals surface area (Å²) in [6, 6.07) is 14.2. The molecule has 0 saturated carbocycles. The van der Waals surface area contributed by atoms with Gasteiger partial charge in [-0.05, 0) is 30.3 Å². The van der Waals surface area contributed by atoms with Crippen LogP contribution in [0.5, 0.6) is 11.5 Å². The van der Waals surface area contributed by atoms with Crippen molar-refractivity contribution in [2.75, 3.05) is 14.2 Å².